The quantitative estimate of drug-likeness (QED) is 0.668. The molecule has 0 aromatic heterocycles. The van der Waals surface area contributed by atoms with Crippen molar-refractivity contribution in [3.63, 3.8) is 0 Å². The van der Waals surface area contributed by atoms with Gasteiger partial charge in [-0.05, 0) is 38.0 Å². The number of nitrogens with one attached hydrogen (secondary N) is 1. The van der Waals surface area contributed by atoms with Gasteiger partial charge in [0.05, 0.1) is 12.2 Å². The van der Waals surface area contributed by atoms with Crippen LogP contribution in [-0.2, 0) is 0 Å². The average molecular weight is 243 g/mol. The van der Waals surface area contributed by atoms with Gasteiger partial charge in [-0.3, -0.25) is 0 Å². The molecule has 3 atom stereocenters. The summed E-state index contributed by atoms with van der Waals surface area (Å²) in [6.45, 7) is 6.56. The summed E-state index contributed by atoms with van der Waals surface area (Å²) < 4.78 is 0. The first-order valence-electron chi connectivity index (χ1n) is 6.99. The number of aliphatic hydroxyl groups is 2. The molecule has 1 aliphatic carbocycles. The normalized spacial score (nSPS) is 29.3. The Kier molecular flexibility index (Phi) is 5.90. The lowest BCUT2D eigenvalue weighted by molar-refractivity contribution is -0.000833. The zero-order valence-corrected chi connectivity index (χ0v) is 11.6. The zero-order chi connectivity index (χ0) is 12.9. The van der Waals surface area contributed by atoms with E-state index >= 15 is 0 Å². The van der Waals surface area contributed by atoms with Gasteiger partial charge >= 0.3 is 0 Å². The van der Waals surface area contributed by atoms with Crippen LogP contribution in [0, 0.1) is 11.8 Å². The van der Waals surface area contributed by atoms with Crippen LogP contribution in [0.5, 0.6) is 0 Å². The van der Waals surface area contributed by atoms with Gasteiger partial charge in [0.1, 0.15) is 0 Å². The Morgan fingerprint density at radius 3 is 2.65 bits per heavy atom. The Balaban J connectivity index is 2.29. The Morgan fingerprint density at radius 2 is 2.06 bits per heavy atom. The smallest absolute Gasteiger partial charge is 0.0972 e. The van der Waals surface area contributed by atoms with E-state index in [-0.39, 0.29) is 6.61 Å². The summed E-state index contributed by atoms with van der Waals surface area (Å²) in [6.07, 6.45) is 6.38. The predicted molar refractivity (Wildman–Crippen MR) is 70.9 cm³/mol. The van der Waals surface area contributed by atoms with Crippen molar-refractivity contribution in [2.75, 3.05) is 13.2 Å². The van der Waals surface area contributed by atoms with Crippen molar-refractivity contribution in [3.8, 4) is 0 Å². The van der Waals surface area contributed by atoms with Crippen LogP contribution in [0.2, 0.25) is 0 Å². The lowest BCUT2D eigenvalue weighted by atomic mass is 9.81. The first-order chi connectivity index (χ1) is 7.93. The summed E-state index contributed by atoms with van der Waals surface area (Å²) in [7, 11) is 0. The molecule has 17 heavy (non-hydrogen) atoms. The molecule has 0 aromatic carbocycles. The molecular formula is C14H29NO2. The second kappa shape index (κ2) is 6.72. The lowest BCUT2D eigenvalue weighted by Crippen LogP contribution is -2.46. The van der Waals surface area contributed by atoms with Gasteiger partial charge in [-0.1, -0.05) is 26.7 Å². The highest BCUT2D eigenvalue weighted by atomic mass is 16.3. The fourth-order valence-corrected chi connectivity index (χ4v) is 2.78. The van der Waals surface area contributed by atoms with E-state index in [1.807, 2.05) is 0 Å². The van der Waals surface area contributed by atoms with Crippen LogP contribution >= 0.6 is 0 Å². The molecule has 0 spiro atoms. The summed E-state index contributed by atoms with van der Waals surface area (Å²) in [5.41, 5.74) is -0.981. The fraction of sp³-hybridized carbons (Fsp3) is 1.00. The van der Waals surface area contributed by atoms with Crippen LogP contribution in [-0.4, -0.2) is 35.0 Å². The first-order valence-corrected chi connectivity index (χ1v) is 6.99. The number of hydrogen-bond donors (Lipinski definition) is 3. The summed E-state index contributed by atoms with van der Waals surface area (Å²) in [5, 5.41) is 22.2. The molecule has 0 aliphatic heterocycles. The summed E-state index contributed by atoms with van der Waals surface area (Å²) in [5.74, 6) is 1.61. The van der Waals surface area contributed by atoms with E-state index in [9.17, 15) is 5.11 Å². The zero-order valence-electron chi connectivity index (χ0n) is 11.6. The topological polar surface area (TPSA) is 52.5 Å². The molecule has 3 heteroatoms. The van der Waals surface area contributed by atoms with Crippen LogP contribution in [0.4, 0.5) is 0 Å². The molecule has 102 valence electrons. The van der Waals surface area contributed by atoms with Crippen molar-refractivity contribution in [2.45, 2.75) is 64.5 Å². The van der Waals surface area contributed by atoms with Crippen molar-refractivity contribution in [1.82, 2.24) is 5.32 Å². The molecule has 0 heterocycles. The standard InChI is InChI=1S/C14H29NO2/c1-11(2)7-12-5-4-6-13(8-12)15-9-14(3,17)10-16/h11-13,15-17H,4-10H2,1-3H3. The lowest BCUT2D eigenvalue weighted by Gasteiger charge is -2.33. The van der Waals surface area contributed by atoms with Crippen molar-refractivity contribution >= 4 is 0 Å². The van der Waals surface area contributed by atoms with E-state index in [1.54, 1.807) is 6.92 Å². The van der Waals surface area contributed by atoms with Gasteiger partial charge in [-0.2, -0.15) is 0 Å². The highest BCUT2D eigenvalue weighted by molar-refractivity contribution is 4.82. The molecule has 1 fully saturated rings. The van der Waals surface area contributed by atoms with Gasteiger partial charge < -0.3 is 15.5 Å². The van der Waals surface area contributed by atoms with Gasteiger partial charge in [0.15, 0.2) is 0 Å². The molecule has 0 bridgehead atoms. The second-order valence-corrected chi connectivity index (χ2v) is 6.40. The molecule has 3 nitrogen and oxygen atoms in total. The van der Waals surface area contributed by atoms with Crippen LogP contribution < -0.4 is 5.32 Å². The minimum Gasteiger partial charge on any atom is -0.393 e. The second-order valence-electron chi connectivity index (χ2n) is 6.40. The largest absolute Gasteiger partial charge is 0.393 e. The Morgan fingerprint density at radius 1 is 1.35 bits per heavy atom. The Bertz CT molecular complexity index is 216. The molecule has 1 saturated carbocycles. The van der Waals surface area contributed by atoms with E-state index in [0.717, 1.165) is 11.8 Å². The minimum absolute atomic E-state index is 0.178. The Labute approximate surface area is 106 Å². The van der Waals surface area contributed by atoms with Crippen LogP contribution in [0.25, 0.3) is 0 Å². The van der Waals surface area contributed by atoms with Gasteiger partial charge in [0.2, 0.25) is 0 Å². The summed E-state index contributed by atoms with van der Waals surface area (Å²) >= 11 is 0. The summed E-state index contributed by atoms with van der Waals surface area (Å²) in [6, 6.07) is 0.519. The van der Waals surface area contributed by atoms with Crippen LogP contribution in [0.3, 0.4) is 0 Å². The molecule has 0 aromatic rings. The molecule has 0 radical (unpaired) electrons. The van der Waals surface area contributed by atoms with Crippen molar-refractivity contribution in [2.24, 2.45) is 11.8 Å². The fourth-order valence-electron chi connectivity index (χ4n) is 2.78. The van der Waals surface area contributed by atoms with Gasteiger partial charge in [-0.15, -0.1) is 0 Å². The van der Waals surface area contributed by atoms with Gasteiger partial charge in [0, 0.05) is 12.6 Å². The van der Waals surface area contributed by atoms with E-state index in [0.29, 0.717) is 12.6 Å². The van der Waals surface area contributed by atoms with E-state index < -0.39 is 5.60 Å². The van der Waals surface area contributed by atoms with Crippen molar-refractivity contribution < 1.29 is 10.2 Å². The highest BCUT2D eigenvalue weighted by Crippen LogP contribution is 2.29. The minimum atomic E-state index is -0.981. The molecule has 1 rings (SSSR count). The number of rotatable bonds is 6. The maximum absolute atomic E-state index is 9.75. The maximum atomic E-state index is 9.75. The van der Waals surface area contributed by atoms with Crippen LogP contribution in [0.15, 0.2) is 0 Å². The van der Waals surface area contributed by atoms with Gasteiger partial charge in [-0.25, -0.2) is 0 Å². The third-order valence-electron chi connectivity index (χ3n) is 3.70. The average Bonchev–Trinajstić information content (AvgIpc) is 2.26. The monoisotopic (exact) mass is 243 g/mol. The molecule has 3 unspecified atom stereocenters. The Hall–Kier alpha value is -0.120. The molecule has 0 amide bonds. The third-order valence-corrected chi connectivity index (χ3v) is 3.70. The van der Waals surface area contributed by atoms with Crippen molar-refractivity contribution in [3.05, 3.63) is 0 Å². The highest BCUT2D eigenvalue weighted by Gasteiger charge is 2.25. The van der Waals surface area contributed by atoms with Crippen LogP contribution in [0.1, 0.15) is 52.9 Å². The summed E-state index contributed by atoms with van der Waals surface area (Å²) in [4.78, 5) is 0. The van der Waals surface area contributed by atoms with E-state index in [4.69, 9.17) is 5.11 Å². The molecule has 1 aliphatic rings. The SMILES string of the molecule is CC(C)CC1CCCC(NCC(C)(O)CO)C1. The molecule has 0 saturated heterocycles. The molecule has 3 N–H and O–H groups in total. The van der Waals surface area contributed by atoms with E-state index in [1.165, 1.54) is 32.1 Å². The van der Waals surface area contributed by atoms with Crippen molar-refractivity contribution in [1.29, 1.82) is 0 Å². The first kappa shape index (κ1) is 14.9. The van der Waals surface area contributed by atoms with E-state index in [2.05, 4.69) is 19.2 Å². The third kappa shape index (κ3) is 5.84. The molecular weight excluding hydrogens is 214 g/mol. The number of aliphatic hydroxyl groups excluding tert-OH is 1. The van der Waals surface area contributed by atoms with Gasteiger partial charge in [0.25, 0.3) is 0 Å². The predicted octanol–water partition coefficient (Wildman–Crippen LogP) is 1.92. The maximum Gasteiger partial charge on any atom is 0.0972 e. The number of hydrogen-bond acceptors (Lipinski definition) is 3.